The first kappa shape index (κ1) is 20.4. The van der Waals surface area contributed by atoms with Gasteiger partial charge >= 0.3 is 0 Å². The molecule has 1 aromatic carbocycles. The summed E-state index contributed by atoms with van der Waals surface area (Å²) < 4.78 is 0. The van der Waals surface area contributed by atoms with Crippen LogP contribution in [0, 0.1) is 16.7 Å². The second kappa shape index (κ2) is 7.66. The molecule has 0 saturated heterocycles. The molecular formula is C27H26N4OS. The molecule has 0 spiro atoms. The molecule has 0 bridgehead atoms. The molecule has 1 aromatic heterocycles. The van der Waals surface area contributed by atoms with Crippen molar-refractivity contribution < 1.29 is 6.22 Å². The zero-order valence-corrected chi connectivity index (χ0v) is 19.2. The fraction of sp³-hybridized carbons (Fsp3) is 0.259. The molecule has 2 aliphatic carbocycles. The molecule has 3 heterocycles. The Balaban J connectivity index is 0.00000241. The number of amides is 1. The number of carbonyl (C=O) groups is 1. The first-order valence-corrected chi connectivity index (χ1v) is 12.1. The minimum absolute atomic E-state index is 0. The summed E-state index contributed by atoms with van der Waals surface area (Å²) in [6.07, 6.45) is 13.5. The average molecular weight is 455 g/mol. The molecule has 1 fully saturated rings. The third-order valence-electron chi connectivity index (χ3n) is 6.97. The summed E-state index contributed by atoms with van der Waals surface area (Å²) in [6.45, 7) is 2.65. The van der Waals surface area contributed by atoms with Crippen LogP contribution in [0.25, 0.3) is 0 Å². The SMILES string of the molecule is CC1(C(=O)NCC23C=CN=CC2C3)C=CC2=C(C1)N=C(c1ccccn1)c1ccccc1S2.[HH]. The van der Waals surface area contributed by atoms with E-state index in [4.69, 9.17) is 4.99 Å². The fourth-order valence-corrected chi connectivity index (χ4v) is 5.78. The van der Waals surface area contributed by atoms with E-state index < -0.39 is 5.41 Å². The summed E-state index contributed by atoms with van der Waals surface area (Å²) >= 11 is 1.71. The standard InChI is InChI=1S/C27H24N4OS.H2/c1-26(25(32)30-17-27-11-13-28-16-18(27)14-27)10-9-23-21(15-26)31-24(20-7-4-5-12-29-20)19-6-2-3-8-22(19)33-23;/h2-13,16,18H,14-15,17H2,1H3,(H,30,32);1H. The quantitative estimate of drug-likeness (QED) is 0.693. The van der Waals surface area contributed by atoms with E-state index in [9.17, 15) is 4.79 Å². The summed E-state index contributed by atoms with van der Waals surface area (Å²) in [7, 11) is 0. The van der Waals surface area contributed by atoms with Crippen LogP contribution in [0.4, 0.5) is 0 Å². The Labute approximate surface area is 199 Å². The molecular weight excluding hydrogens is 428 g/mol. The number of nitrogens with one attached hydrogen (secondary N) is 1. The zero-order chi connectivity index (χ0) is 22.5. The van der Waals surface area contributed by atoms with Crippen molar-refractivity contribution in [3.63, 3.8) is 0 Å². The second-order valence-electron chi connectivity index (χ2n) is 9.35. The van der Waals surface area contributed by atoms with Gasteiger partial charge in [-0.05, 0) is 37.6 Å². The first-order chi connectivity index (χ1) is 16.1. The fourth-order valence-electron chi connectivity index (χ4n) is 4.75. The predicted molar refractivity (Wildman–Crippen MR) is 134 cm³/mol. The van der Waals surface area contributed by atoms with Gasteiger partial charge in [-0.1, -0.05) is 48.2 Å². The Morgan fingerprint density at radius 2 is 2.09 bits per heavy atom. The van der Waals surface area contributed by atoms with Crippen molar-refractivity contribution in [1.82, 2.24) is 10.3 Å². The van der Waals surface area contributed by atoms with Crippen LogP contribution >= 0.6 is 11.8 Å². The van der Waals surface area contributed by atoms with E-state index in [2.05, 4.69) is 39.6 Å². The summed E-state index contributed by atoms with van der Waals surface area (Å²) in [5.74, 6) is 0.497. The third kappa shape index (κ3) is 3.59. The maximum Gasteiger partial charge on any atom is 0.230 e. The van der Waals surface area contributed by atoms with Crippen molar-refractivity contribution in [2.24, 2.45) is 26.7 Å². The van der Waals surface area contributed by atoms with Gasteiger partial charge in [0.2, 0.25) is 5.91 Å². The normalized spacial score (nSPS) is 28.9. The van der Waals surface area contributed by atoms with Gasteiger partial charge in [0.05, 0.1) is 22.5 Å². The van der Waals surface area contributed by atoms with E-state index in [0.29, 0.717) is 18.9 Å². The highest BCUT2D eigenvalue weighted by Crippen LogP contribution is 2.54. The van der Waals surface area contributed by atoms with E-state index in [1.54, 1.807) is 18.0 Å². The van der Waals surface area contributed by atoms with Gasteiger partial charge in [0.25, 0.3) is 0 Å². The molecule has 3 unspecified atom stereocenters. The second-order valence-corrected chi connectivity index (χ2v) is 10.4. The highest BCUT2D eigenvalue weighted by Gasteiger charge is 2.52. The van der Waals surface area contributed by atoms with Gasteiger partial charge in [-0.15, -0.1) is 0 Å². The lowest BCUT2D eigenvalue weighted by atomic mass is 9.81. The maximum absolute atomic E-state index is 13.3. The molecule has 6 heteroatoms. The number of carbonyl (C=O) groups excluding carboxylic acids is 1. The molecule has 33 heavy (non-hydrogen) atoms. The number of aliphatic imine (C=N–C) groups is 2. The Hall–Kier alpha value is -3.25. The lowest BCUT2D eigenvalue weighted by Gasteiger charge is -2.29. The Kier molecular flexibility index (Phi) is 4.73. The van der Waals surface area contributed by atoms with Crippen LogP contribution < -0.4 is 5.32 Å². The first-order valence-electron chi connectivity index (χ1n) is 11.3. The van der Waals surface area contributed by atoms with Crippen molar-refractivity contribution in [3.05, 3.63) is 94.9 Å². The van der Waals surface area contributed by atoms with E-state index in [0.717, 1.165) is 38.9 Å². The summed E-state index contributed by atoms with van der Waals surface area (Å²) in [5.41, 5.74) is 3.10. The molecule has 0 radical (unpaired) electrons. The van der Waals surface area contributed by atoms with Crippen LogP contribution in [-0.4, -0.2) is 29.4 Å². The lowest BCUT2D eigenvalue weighted by Crippen LogP contribution is -2.41. The number of hydrogen-bond acceptors (Lipinski definition) is 5. The van der Waals surface area contributed by atoms with Gasteiger partial charge in [-0.25, -0.2) is 4.99 Å². The molecule has 5 nitrogen and oxygen atoms in total. The molecule has 2 aliphatic heterocycles. The smallest absolute Gasteiger partial charge is 0.230 e. The largest absolute Gasteiger partial charge is 0.354 e. The Morgan fingerprint density at radius 3 is 2.94 bits per heavy atom. The van der Waals surface area contributed by atoms with Gasteiger partial charge < -0.3 is 5.32 Å². The molecule has 2 aromatic rings. The van der Waals surface area contributed by atoms with Crippen LogP contribution in [0.15, 0.2) is 98.6 Å². The number of pyridine rings is 1. The van der Waals surface area contributed by atoms with E-state index in [-0.39, 0.29) is 12.7 Å². The van der Waals surface area contributed by atoms with Crippen molar-refractivity contribution in [2.75, 3.05) is 6.54 Å². The molecule has 1 amide bonds. The Morgan fingerprint density at radius 1 is 1.21 bits per heavy atom. The maximum atomic E-state index is 13.3. The van der Waals surface area contributed by atoms with Gasteiger partial charge in [-0.3, -0.25) is 14.8 Å². The topological polar surface area (TPSA) is 66.7 Å². The van der Waals surface area contributed by atoms with Crippen LogP contribution in [0.5, 0.6) is 0 Å². The van der Waals surface area contributed by atoms with Crippen molar-refractivity contribution in [3.8, 4) is 0 Å². The number of allylic oxidation sites excluding steroid dienone is 2. The molecule has 166 valence electrons. The van der Waals surface area contributed by atoms with Gasteiger partial charge in [0.1, 0.15) is 0 Å². The number of thioether (sulfide) groups is 1. The van der Waals surface area contributed by atoms with Crippen LogP contribution in [-0.2, 0) is 4.79 Å². The number of fused-ring (bicyclic) bond motifs is 2. The van der Waals surface area contributed by atoms with Gasteiger partial charge in [-0.2, -0.15) is 0 Å². The summed E-state index contributed by atoms with van der Waals surface area (Å²) in [6, 6.07) is 14.2. The van der Waals surface area contributed by atoms with Crippen molar-refractivity contribution in [2.45, 2.75) is 24.7 Å². The van der Waals surface area contributed by atoms with Crippen LogP contribution in [0.1, 0.15) is 32.4 Å². The number of hydrogen-bond donors (Lipinski definition) is 1. The number of benzene rings is 1. The van der Waals surface area contributed by atoms with Gasteiger partial charge in [0, 0.05) is 59.7 Å². The summed E-state index contributed by atoms with van der Waals surface area (Å²) in [4.78, 5) is 29.5. The lowest BCUT2D eigenvalue weighted by molar-refractivity contribution is -0.128. The van der Waals surface area contributed by atoms with Gasteiger partial charge in [0.15, 0.2) is 0 Å². The summed E-state index contributed by atoms with van der Waals surface area (Å²) in [5, 5.41) is 3.22. The van der Waals surface area contributed by atoms with Crippen molar-refractivity contribution >= 4 is 29.6 Å². The minimum Gasteiger partial charge on any atom is -0.354 e. The monoisotopic (exact) mass is 454 g/mol. The van der Waals surface area contributed by atoms with E-state index in [1.807, 2.05) is 55.7 Å². The molecule has 1 saturated carbocycles. The number of rotatable bonds is 4. The molecule has 6 rings (SSSR count). The predicted octanol–water partition coefficient (Wildman–Crippen LogP) is 5.17. The molecule has 1 N–H and O–H groups in total. The third-order valence-corrected chi connectivity index (χ3v) is 8.14. The van der Waals surface area contributed by atoms with E-state index >= 15 is 0 Å². The van der Waals surface area contributed by atoms with Crippen LogP contribution in [0.3, 0.4) is 0 Å². The highest BCUT2D eigenvalue weighted by molar-refractivity contribution is 8.03. The van der Waals surface area contributed by atoms with Crippen molar-refractivity contribution in [1.29, 1.82) is 0 Å². The number of nitrogens with zero attached hydrogens (tertiary/aromatic N) is 3. The van der Waals surface area contributed by atoms with E-state index in [1.165, 1.54) is 0 Å². The average Bonchev–Trinajstić information content (AvgIpc) is 3.60. The molecule has 4 aliphatic rings. The molecule has 3 atom stereocenters. The minimum atomic E-state index is -0.651. The highest BCUT2D eigenvalue weighted by atomic mass is 32.2. The Bertz CT molecular complexity index is 1300. The zero-order valence-electron chi connectivity index (χ0n) is 18.4. The number of aromatic nitrogens is 1. The van der Waals surface area contributed by atoms with Crippen LogP contribution in [0.2, 0.25) is 0 Å².